The molecule has 1 unspecified atom stereocenters. The molecule has 0 saturated heterocycles. The van der Waals surface area contributed by atoms with Gasteiger partial charge in [-0.15, -0.1) is 0 Å². The van der Waals surface area contributed by atoms with Crippen molar-refractivity contribution in [2.75, 3.05) is 6.54 Å². The van der Waals surface area contributed by atoms with Gasteiger partial charge in [0.15, 0.2) is 0 Å². The lowest BCUT2D eigenvalue weighted by Gasteiger charge is -2.26. The first-order chi connectivity index (χ1) is 5.58. The van der Waals surface area contributed by atoms with Crippen molar-refractivity contribution in [2.45, 2.75) is 45.3 Å². The van der Waals surface area contributed by atoms with E-state index in [1.165, 1.54) is 0 Å². The van der Waals surface area contributed by atoms with E-state index in [1.807, 2.05) is 13.8 Å². The van der Waals surface area contributed by atoms with Gasteiger partial charge in [0.05, 0.1) is 17.7 Å². The fraction of sp³-hybridized carbons (Fsp3) is 0.889. The molecular formula is C9H18N2O. The van der Waals surface area contributed by atoms with Gasteiger partial charge in [-0.05, 0) is 19.8 Å². The molecule has 0 amide bonds. The molecule has 0 fully saturated rings. The fourth-order valence-corrected chi connectivity index (χ4v) is 0.889. The first-order valence-corrected chi connectivity index (χ1v) is 4.43. The average Bonchev–Trinajstić information content (AvgIpc) is 2.13. The minimum Gasteiger partial charge on any atom is -0.389 e. The van der Waals surface area contributed by atoms with E-state index >= 15 is 0 Å². The average molecular weight is 170 g/mol. The van der Waals surface area contributed by atoms with Crippen molar-refractivity contribution < 1.29 is 5.11 Å². The summed E-state index contributed by atoms with van der Waals surface area (Å²) in [6.45, 7) is 6.17. The van der Waals surface area contributed by atoms with Crippen LogP contribution in [-0.2, 0) is 0 Å². The number of nitrogens with one attached hydrogen (secondary N) is 1. The number of hydrogen-bond acceptors (Lipinski definition) is 3. The predicted molar refractivity (Wildman–Crippen MR) is 48.6 cm³/mol. The van der Waals surface area contributed by atoms with Crippen molar-refractivity contribution in [2.24, 2.45) is 0 Å². The second-order valence-corrected chi connectivity index (χ2v) is 3.16. The monoisotopic (exact) mass is 170 g/mol. The molecule has 0 aromatic heterocycles. The molecule has 1 atom stereocenters. The second kappa shape index (κ2) is 5.13. The maximum absolute atomic E-state index is 9.80. The van der Waals surface area contributed by atoms with Crippen molar-refractivity contribution in [3.63, 3.8) is 0 Å². The Hall–Kier alpha value is -0.590. The lowest BCUT2D eigenvalue weighted by Crippen LogP contribution is -2.42. The Balaban J connectivity index is 3.82. The van der Waals surface area contributed by atoms with Gasteiger partial charge in [0.1, 0.15) is 0 Å². The summed E-state index contributed by atoms with van der Waals surface area (Å²) in [6, 6.07) is 1.88. The van der Waals surface area contributed by atoms with Crippen LogP contribution in [0.4, 0.5) is 0 Å². The molecule has 0 spiro atoms. The molecule has 70 valence electrons. The predicted octanol–water partition coefficient (Wildman–Crippen LogP) is 1.04. The first-order valence-electron chi connectivity index (χ1n) is 4.43. The lowest BCUT2D eigenvalue weighted by atomic mass is 9.97. The Morgan fingerprint density at radius 3 is 2.33 bits per heavy atom. The Bertz CT molecular complexity index is 158. The van der Waals surface area contributed by atoms with Crippen LogP contribution in [0.3, 0.4) is 0 Å². The van der Waals surface area contributed by atoms with Gasteiger partial charge in [-0.1, -0.05) is 13.8 Å². The third-order valence-corrected chi connectivity index (χ3v) is 2.25. The van der Waals surface area contributed by atoms with Gasteiger partial charge in [0, 0.05) is 6.54 Å². The van der Waals surface area contributed by atoms with Crippen molar-refractivity contribution in [1.82, 2.24) is 5.32 Å². The van der Waals surface area contributed by atoms with Gasteiger partial charge in [0.25, 0.3) is 0 Å². The molecule has 3 nitrogen and oxygen atoms in total. The number of aliphatic hydroxyl groups is 1. The van der Waals surface area contributed by atoms with Crippen LogP contribution in [0.2, 0.25) is 0 Å². The van der Waals surface area contributed by atoms with Crippen molar-refractivity contribution in [3.8, 4) is 6.07 Å². The summed E-state index contributed by atoms with van der Waals surface area (Å²) in [5.41, 5.74) is -0.648. The topological polar surface area (TPSA) is 56.0 Å². The molecule has 0 aliphatic heterocycles. The van der Waals surface area contributed by atoms with Crippen molar-refractivity contribution in [1.29, 1.82) is 5.26 Å². The van der Waals surface area contributed by atoms with Gasteiger partial charge in [-0.25, -0.2) is 0 Å². The zero-order valence-corrected chi connectivity index (χ0v) is 8.09. The van der Waals surface area contributed by atoms with E-state index in [9.17, 15) is 5.11 Å². The summed E-state index contributed by atoms with van der Waals surface area (Å²) in [6.07, 6.45) is 1.43. The summed E-state index contributed by atoms with van der Waals surface area (Å²) >= 11 is 0. The van der Waals surface area contributed by atoms with Crippen LogP contribution < -0.4 is 5.32 Å². The van der Waals surface area contributed by atoms with Crippen LogP contribution in [0.5, 0.6) is 0 Å². The zero-order chi connectivity index (χ0) is 9.61. The summed E-state index contributed by atoms with van der Waals surface area (Å²) in [5.74, 6) is 0. The standard InChI is InChI=1S/C9H18N2O/c1-4-9(12,5-2)7-11-8(3)6-10/h8,11-12H,4-5,7H2,1-3H3. The number of nitrogens with zero attached hydrogens (tertiary/aromatic N) is 1. The highest BCUT2D eigenvalue weighted by molar-refractivity contribution is 4.88. The summed E-state index contributed by atoms with van der Waals surface area (Å²) in [7, 11) is 0. The summed E-state index contributed by atoms with van der Waals surface area (Å²) in [4.78, 5) is 0. The molecule has 2 N–H and O–H groups in total. The van der Waals surface area contributed by atoms with Crippen LogP contribution in [0.1, 0.15) is 33.6 Å². The van der Waals surface area contributed by atoms with Crippen LogP contribution in [0, 0.1) is 11.3 Å². The van der Waals surface area contributed by atoms with Gasteiger partial charge in [-0.2, -0.15) is 5.26 Å². The molecule has 0 aromatic rings. The molecule has 0 rings (SSSR count). The van der Waals surface area contributed by atoms with Crippen molar-refractivity contribution in [3.05, 3.63) is 0 Å². The largest absolute Gasteiger partial charge is 0.389 e. The summed E-state index contributed by atoms with van der Waals surface area (Å²) < 4.78 is 0. The first kappa shape index (κ1) is 11.4. The second-order valence-electron chi connectivity index (χ2n) is 3.16. The normalized spacial score (nSPS) is 13.9. The highest BCUT2D eigenvalue weighted by Crippen LogP contribution is 2.12. The molecule has 3 heteroatoms. The highest BCUT2D eigenvalue weighted by atomic mass is 16.3. The van der Waals surface area contributed by atoms with Crippen LogP contribution >= 0.6 is 0 Å². The van der Waals surface area contributed by atoms with E-state index in [0.29, 0.717) is 19.4 Å². The fourth-order valence-electron chi connectivity index (χ4n) is 0.889. The number of hydrogen-bond donors (Lipinski definition) is 2. The molecule has 0 heterocycles. The summed E-state index contributed by atoms with van der Waals surface area (Å²) in [5, 5.41) is 21.2. The molecule has 0 radical (unpaired) electrons. The van der Waals surface area contributed by atoms with Crippen LogP contribution in [0.25, 0.3) is 0 Å². The van der Waals surface area contributed by atoms with E-state index < -0.39 is 5.60 Å². The number of rotatable bonds is 5. The number of nitriles is 1. The third kappa shape index (κ3) is 3.70. The van der Waals surface area contributed by atoms with E-state index in [2.05, 4.69) is 11.4 Å². The van der Waals surface area contributed by atoms with Gasteiger partial charge in [0.2, 0.25) is 0 Å². The quantitative estimate of drug-likeness (QED) is 0.648. The lowest BCUT2D eigenvalue weighted by molar-refractivity contribution is 0.0317. The molecule has 0 aromatic carbocycles. The maximum atomic E-state index is 9.80. The smallest absolute Gasteiger partial charge is 0.0925 e. The molecule has 0 saturated carbocycles. The minimum atomic E-state index is -0.648. The Kier molecular flexibility index (Phi) is 4.87. The van der Waals surface area contributed by atoms with Crippen LogP contribution in [0.15, 0.2) is 0 Å². The molecule has 0 aliphatic rings. The Labute approximate surface area is 74.4 Å². The maximum Gasteiger partial charge on any atom is 0.0925 e. The van der Waals surface area contributed by atoms with Gasteiger partial charge < -0.3 is 5.11 Å². The Morgan fingerprint density at radius 2 is 2.00 bits per heavy atom. The SMILES string of the molecule is CCC(O)(CC)CNC(C)C#N. The Morgan fingerprint density at radius 1 is 1.50 bits per heavy atom. The molecule has 0 bridgehead atoms. The zero-order valence-electron chi connectivity index (χ0n) is 8.09. The van der Waals surface area contributed by atoms with Crippen molar-refractivity contribution >= 4 is 0 Å². The molecule has 0 aliphatic carbocycles. The third-order valence-electron chi connectivity index (χ3n) is 2.25. The van der Waals surface area contributed by atoms with E-state index in [-0.39, 0.29) is 6.04 Å². The van der Waals surface area contributed by atoms with E-state index in [0.717, 1.165) is 0 Å². The van der Waals surface area contributed by atoms with Gasteiger partial charge in [-0.3, -0.25) is 5.32 Å². The molecular weight excluding hydrogens is 152 g/mol. The molecule has 12 heavy (non-hydrogen) atoms. The minimum absolute atomic E-state index is 0.186. The van der Waals surface area contributed by atoms with E-state index in [4.69, 9.17) is 5.26 Å². The highest BCUT2D eigenvalue weighted by Gasteiger charge is 2.21. The van der Waals surface area contributed by atoms with E-state index in [1.54, 1.807) is 6.92 Å². The van der Waals surface area contributed by atoms with Crippen LogP contribution in [-0.4, -0.2) is 23.3 Å². The van der Waals surface area contributed by atoms with Gasteiger partial charge >= 0.3 is 0 Å².